The van der Waals surface area contributed by atoms with Gasteiger partial charge in [0.2, 0.25) is 0 Å². The van der Waals surface area contributed by atoms with Crippen molar-refractivity contribution in [2.24, 2.45) is 0 Å². The average molecular weight is 563 g/mol. The molecule has 1 aliphatic carbocycles. The molecule has 0 heterocycles. The Balaban J connectivity index is 1.91. The highest BCUT2D eigenvalue weighted by atomic mass is 19.3. The molecule has 0 radical (unpaired) electrons. The minimum Gasteiger partial charge on any atom is -0.493 e. The van der Waals surface area contributed by atoms with Crippen LogP contribution in [0.15, 0.2) is 42.5 Å². The molecule has 2 amide bonds. The monoisotopic (exact) mass is 562 g/mol. The molecule has 0 spiro atoms. The number of ether oxygens (including phenoxy) is 2. The molecule has 0 aliphatic heterocycles. The second kappa shape index (κ2) is 13.0. The molecule has 2 aromatic rings. The Morgan fingerprint density at radius 1 is 1.00 bits per heavy atom. The number of urea groups is 1. The third-order valence-corrected chi connectivity index (χ3v) is 6.95. The topological polar surface area (TPSA) is 125 Å². The molecule has 0 bridgehead atoms. The standard InChI is InChI=1S/C29H36F2N2O7/c1-4-39-22-15-21(16-23(40-5-2)24(22)25(34)35)19(3)33(14-10-9-13-20-11-7-6-8-12-20)27(38)32-28(26(36)37)17-29(30,31)18-28/h6-8,11-12,15-16,19H,4-5,9-10,13-14,17-18H2,1-3H3,(H,32,38)(H,34,35)(H,36,37). The summed E-state index contributed by atoms with van der Waals surface area (Å²) >= 11 is 0. The number of aryl methyl sites for hydroxylation is 1. The molecule has 1 fully saturated rings. The van der Waals surface area contributed by atoms with Gasteiger partial charge in [-0.1, -0.05) is 30.3 Å². The predicted octanol–water partition coefficient (Wildman–Crippen LogP) is 5.53. The number of amides is 2. The van der Waals surface area contributed by atoms with Gasteiger partial charge in [0.25, 0.3) is 5.92 Å². The fraction of sp³-hybridized carbons (Fsp3) is 0.483. The van der Waals surface area contributed by atoms with Crippen molar-refractivity contribution < 1.29 is 42.9 Å². The molecule has 3 N–H and O–H groups in total. The number of carboxylic acids is 2. The van der Waals surface area contributed by atoms with E-state index in [1.54, 1.807) is 20.8 Å². The van der Waals surface area contributed by atoms with Crippen molar-refractivity contribution in [1.29, 1.82) is 0 Å². The Kier molecular flexibility index (Phi) is 9.94. The van der Waals surface area contributed by atoms with Crippen molar-refractivity contribution in [2.45, 2.75) is 70.4 Å². The van der Waals surface area contributed by atoms with Crippen LogP contribution in [0.1, 0.15) is 74.0 Å². The maximum absolute atomic E-state index is 13.7. The number of nitrogens with one attached hydrogen (secondary N) is 1. The van der Waals surface area contributed by atoms with Crippen LogP contribution in [0, 0.1) is 0 Å². The number of unbranched alkanes of at least 4 members (excludes halogenated alkanes) is 1. The first kappa shape index (κ1) is 30.6. The number of rotatable bonds is 14. The molecular weight excluding hydrogens is 526 g/mol. The summed E-state index contributed by atoms with van der Waals surface area (Å²) in [6.07, 6.45) is 0.0369. The Labute approximate surface area is 232 Å². The molecule has 0 aromatic heterocycles. The van der Waals surface area contributed by atoms with Crippen LogP contribution in [0.5, 0.6) is 11.5 Å². The fourth-order valence-electron chi connectivity index (χ4n) is 4.91. The van der Waals surface area contributed by atoms with Gasteiger partial charge in [0.15, 0.2) is 5.54 Å². The Hall–Kier alpha value is -3.89. The van der Waals surface area contributed by atoms with E-state index in [0.29, 0.717) is 12.0 Å². The van der Waals surface area contributed by atoms with Gasteiger partial charge in [-0.15, -0.1) is 0 Å². The molecular formula is C29H36F2N2O7. The molecule has 1 aliphatic rings. The third-order valence-electron chi connectivity index (χ3n) is 6.95. The zero-order chi connectivity index (χ0) is 29.5. The van der Waals surface area contributed by atoms with Gasteiger partial charge in [0.1, 0.15) is 17.1 Å². The first-order chi connectivity index (χ1) is 18.9. The van der Waals surface area contributed by atoms with E-state index in [1.807, 2.05) is 30.3 Å². The normalized spacial score (nSPS) is 15.8. The van der Waals surface area contributed by atoms with Crippen LogP contribution in [0.4, 0.5) is 13.6 Å². The predicted molar refractivity (Wildman–Crippen MR) is 143 cm³/mol. The van der Waals surface area contributed by atoms with E-state index in [4.69, 9.17) is 9.47 Å². The second-order valence-corrected chi connectivity index (χ2v) is 9.90. The molecule has 1 unspecified atom stereocenters. The molecule has 3 rings (SSSR count). The van der Waals surface area contributed by atoms with Crippen LogP contribution < -0.4 is 14.8 Å². The van der Waals surface area contributed by atoms with Crippen molar-refractivity contribution in [1.82, 2.24) is 10.2 Å². The number of benzene rings is 2. The molecule has 218 valence electrons. The van der Waals surface area contributed by atoms with Gasteiger partial charge in [-0.2, -0.15) is 0 Å². The Morgan fingerprint density at radius 3 is 2.05 bits per heavy atom. The van der Waals surface area contributed by atoms with E-state index in [-0.39, 0.29) is 36.8 Å². The number of hydrogen-bond acceptors (Lipinski definition) is 5. The molecule has 2 aromatic carbocycles. The summed E-state index contributed by atoms with van der Waals surface area (Å²) in [4.78, 5) is 38.7. The SMILES string of the molecule is CCOc1cc(C(C)N(CCCCc2ccccc2)C(=O)NC2(C(=O)O)CC(F)(F)C2)cc(OCC)c1C(=O)O. The smallest absolute Gasteiger partial charge is 0.343 e. The second-order valence-electron chi connectivity index (χ2n) is 9.90. The zero-order valence-electron chi connectivity index (χ0n) is 22.9. The lowest BCUT2D eigenvalue weighted by Crippen LogP contribution is -2.68. The van der Waals surface area contributed by atoms with E-state index in [2.05, 4.69) is 5.32 Å². The highest BCUT2D eigenvalue weighted by Crippen LogP contribution is 2.46. The number of carbonyl (C=O) groups excluding carboxylic acids is 1. The third kappa shape index (κ3) is 7.19. The number of carboxylic acid groups (broad SMARTS) is 2. The molecule has 9 nitrogen and oxygen atoms in total. The van der Waals surface area contributed by atoms with Gasteiger partial charge in [-0.05, 0) is 63.3 Å². The van der Waals surface area contributed by atoms with Crippen molar-refractivity contribution in [2.75, 3.05) is 19.8 Å². The first-order valence-electron chi connectivity index (χ1n) is 13.3. The summed E-state index contributed by atoms with van der Waals surface area (Å²) in [5.41, 5.74) is -0.610. The fourth-order valence-corrected chi connectivity index (χ4v) is 4.91. The quantitative estimate of drug-likeness (QED) is 0.259. The lowest BCUT2D eigenvalue weighted by atomic mass is 9.73. The largest absolute Gasteiger partial charge is 0.493 e. The van der Waals surface area contributed by atoms with Crippen molar-refractivity contribution in [3.63, 3.8) is 0 Å². The number of halogens is 2. The van der Waals surface area contributed by atoms with E-state index in [0.717, 1.165) is 18.4 Å². The summed E-state index contributed by atoms with van der Waals surface area (Å²) in [5, 5.41) is 21.8. The first-order valence-corrected chi connectivity index (χ1v) is 13.3. The minimum absolute atomic E-state index is 0.0628. The molecule has 11 heteroatoms. The van der Waals surface area contributed by atoms with Crippen LogP contribution in [-0.4, -0.2) is 64.3 Å². The Morgan fingerprint density at radius 2 is 1.57 bits per heavy atom. The lowest BCUT2D eigenvalue weighted by Gasteiger charge is -2.45. The summed E-state index contributed by atoms with van der Waals surface area (Å²) in [7, 11) is 0. The van der Waals surface area contributed by atoms with Crippen LogP contribution in [0.3, 0.4) is 0 Å². The zero-order valence-corrected chi connectivity index (χ0v) is 22.9. The van der Waals surface area contributed by atoms with Crippen molar-refractivity contribution in [3.05, 3.63) is 59.2 Å². The van der Waals surface area contributed by atoms with E-state index >= 15 is 0 Å². The lowest BCUT2D eigenvalue weighted by molar-refractivity contribution is -0.175. The van der Waals surface area contributed by atoms with Gasteiger partial charge in [-0.25, -0.2) is 23.2 Å². The highest BCUT2D eigenvalue weighted by molar-refractivity contribution is 5.94. The van der Waals surface area contributed by atoms with Crippen LogP contribution in [-0.2, 0) is 11.2 Å². The highest BCUT2D eigenvalue weighted by Gasteiger charge is 2.62. The molecule has 40 heavy (non-hydrogen) atoms. The minimum atomic E-state index is -3.18. The summed E-state index contributed by atoms with van der Waals surface area (Å²) < 4.78 is 38.6. The van der Waals surface area contributed by atoms with Gasteiger partial charge in [0.05, 0.1) is 19.3 Å². The van der Waals surface area contributed by atoms with E-state index in [9.17, 15) is 33.4 Å². The molecule has 0 saturated heterocycles. The summed E-state index contributed by atoms with van der Waals surface area (Å²) in [5.74, 6) is -5.81. The van der Waals surface area contributed by atoms with Crippen LogP contribution >= 0.6 is 0 Å². The van der Waals surface area contributed by atoms with Gasteiger partial charge in [-0.3, -0.25) is 0 Å². The van der Waals surface area contributed by atoms with Crippen LogP contribution in [0.25, 0.3) is 0 Å². The van der Waals surface area contributed by atoms with Crippen LogP contribution in [0.2, 0.25) is 0 Å². The molecule has 1 saturated carbocycles. The number of alkyl halides is 2. The average Bonchev–Trinajstić information content (AvgIpc) is 2.87. The molecule has 1 atom stereocenters. The summed E-state index contributed by atoms with van der Waals surface area (Å²) in [6, 6.07) is 11.3. The van der Waals surface area contributed by atoms with Crippen molar-refractivity contribution >= 4 is 18.0 Å². The maximum atomic E-state index is 13.7. The Bertz CT molecular complexity index is 1170. The van der Waals surface area contributed by atoms with Gasteiger partial charge >= 0.3 is 18.0 Å². The van der Waals surface area contributed by atoms with Gasteiger partial charge < -0.3 is 29.9 Å². The van der Waals surface area contributed by atoms with E-state index < -0.39 is 48.3 Å². The van der Waals surface area contributed by atoms with Gasteiger partial charge in [0, 0.05) is 19.4 Å². The van der Waals surface area contributed by atoms with E-state index in [1.165, 1.54) is 17.0 Å². The summed E-state index contributed by atoms with van der Waals surface area (Å²) in [6.45, 7) is 5.66. The number of aliphatic carboxylic acids is 1. The number of hydrogen-bond donors (Lipinski definition) is 3. The maximum Gasteiger partial charge on any atom is 0.343 e. The number of aromatic carboxylic acids is 1. The number of carbonyl (C=O) groups is 3. The van der Waals surface area contributed by atoms with Crippen molar-refractivity contribution in [3.8, 4) is 11.5 Å². The number of nitrogens with zero attached hydrogens (tertiary/aromatic N) is 1.